The van der Waals surface area contributed by atoms with E-state index in [1.54, 1.807) is 0 Å². The van der Waals surface area contributed by atoms with Crippen LogP contribution in [0.15, 0.2) is 0 Å². The van der Waals surface area contributed by atoms with Crippen molar-refractivity contribution < 1.29 is 14.7 Å². The zero-order chi connectivity index (χ0) is 14.0. The van der Waals surface area contributed by atoms with Gasteiger partial charge in [-0.2, -0.15) is 0 Å². The summed E-state index contributed by atoms with van der Waals surface area (Å²) >= 11 is 0. The summed E-state index contributed by atoms with van der Waals surface area (Å²) < 4.78 is 0. The van der Waals surface area contributed by atoms with Crippen molar-refractivity contribution in [2.24, 2.45) is 5.92 Å². The maximum Gasteiger partial charge on any atom is 0.318 e. The maximum absolute atomic E-state index is 12.4. The summed E-state index contributed by atoms with van der Waals surface area (Å²) in [6, 6.07) is 0.0606. The molecule has 0 spiro atoms. The van der Waals surface area contributed by atoms with Crippen LogP contribution in [-0.2, 0) is 4.79 Å². The number of hydrogen-bond acceptors (Lipinski definition) is 2. The summed E-state index contributed by atoms with van der Waals surface area (Å²) in [6.45, 7) is 4.81. The fourth-order valence-corrected chi connectivity index (χ4v) is 2.64. The molecular formula is C14H24N2O3. The van der Waals surface area contributed by atoms with Crippen LogP contribution in [0.25, 0.3) is 0 Å². The summed E-state index contributed by atoms with van der Waals surface area (Å²) in [6.07, 6.45) is 5.00. The van der Waals surface area contributed by atoms with E-state index in [1.807, 2.05) is 18.7 Å². The van der Waals surface area contributed by atoms with E-state index in [1.165, 1.54) is 12.8 Å². The number of urea groups is 1. The molecule has 0 radical (unpaired) electrons. The first-order valence-corrected chi connectivity index (χ1v) is 7.22. The minimum atomic E-state index is -0.835. The molecule has 2 amide bonds. The predicted octanol–water partition coefficient (Wildman–Crippen LogP) is 2.21. The third-order valence-corrected chi connectivity index (χ3v) is 4.21. The molecule has 2 N–H and O–H groups in total. The Morgan fingerprint density at radius 1 is 1.37 bits per heavy atom. The van der Waals surface area contributed by atoms with Crippen molar-refractivity contribution in [3.05, 3.63) is 0 Å². The van der Waals surface area contributed by atoms with Crippen LogP contribution < -0.4 is 5.32 Å². The van der Waals surface area contributed by atoms with Gasteiger partial charge in [-0.25, -0.2) is 4.79 Å². The zero-order valence-corrected chi connectivity index (χ0v) is 11.8. The molecule has 2 fully saturated rings. The van der Waals surface area contributed by atoms with Crippen molar-refractivity contribution in [3.8, 4) is 0 Å². The Kier molecular flexibility index (Phi) is 4.02. The van der Waals surface area contributed by atoms with E-state index in [2.05, 4.69) is 5.32 Å². The van der Waals surface area contributed by atoms with Gasteiger partial charge in [-0.3, -0.25) is 4.79 Å². The molecule has 0 heterocycles. The largest absolute Gasteiger partial charge is 0.481 e. The topological polar surface area (TPSA) is 69.6 Å². The number of carbonyl (C=O) groups excluding carboxylic acids is 1. The van der Waals surface area contributed by atoms with E-state index in [4.69, 9.17) is 5.11 Å². The van der Waals surface area contributed by atoms with E-state index >= 15 is 0 Å². The van der Waals surface area contributed by atoms with Gasteiger partial charge in [-0.05, 0) is 51.9 Å². The van der Waals surface area contributed by atoms with Gasteiger partial charge in [0.05, 0.1) is 12.0 Å². The molecule has 19 heavy (non-hydrogen) atoms. The molecule has 2 rings (SSSR count). The molecular weight excluding hydrogens is 244 g/mol. The van der Waals surface area contributed by atoms with Gasteiger partial charge in [0.25, 0.3) is 0 Å². The van der Waals surface area contributed by atoms with Crippen LogP contribution in [-0.4, -0.2) is 40.1 Å². The van der Waals surface area contributed by atoms with E-state index in [-0.39, 0.29) is 18.5 Å². The molecule has 5 heteroatoms. The van der Waals surface area contributed by atoms with E-state index in [9.17, 15) is 9.59 Å². The lowest BCUT2D eigenvalue weighted by Gasteiger charge is -2.43. The fraction of sp³-hybridized carbons (Fsp3) is 0.857. The Balaban J connectivity index is 1.94. The van der Waals surface area contributed by atoms with Gasteiger partial charge in [0, 0.05) is 12.6 Å². The van der Waals surface area contributed by atoms with Gasteiger partial charge < -0.3 is 15.3 Å². The zero-order valence-electron chi connectivity index (χ0n) is 11.8. The monoisotopic (exact) mass is 268 g/mol. The van der Waals surface area contributed by atoms with Crippen LogP contribution in [0.1, 0.15) is 52.4 Å². The first kappa shape index (κ1) is 14.2. The third kappa shape index (κ3) is 3.61. The lowest BCUT2D eigenvalue weighted by atomic mass is 9.74. The molecule has 0 saturated heterocycles. The Labute approximate surface area is 114 Å². The van der Waals surface area contributed by atoms with Crippen molar-refractivity contribution in [2.75, 3.05) is 6.54 Å². The highest BCUT2D eigenvalue weighted by Crippen LogP contribution is 2.36. The number of hydrogen-bond donors (Lipinski definition) is 2. The SMILES string of the molecule is CC(C)N(CC1CC1)C(=O)NC1(CC(=O)O)CCC1. The standard InChI is InChI=1S/C14H24N2O3/c1-10(2)16(9-11-4-5-11)13(19)15-14(6-3-7-14)8-12(17)18/h10-11H,3-9H2,1-2H3,(H,15,19)(H,17,18). The van der Waals surface area contributed by atoms with Gasteiger partial charge in [-0.15, -0.1) is 0 Å². The summed E-state index contributed by atoms with van der Waals surface area (Å²) in [4.78, 5) is 25.1. The normalized spacial score (nSPS) is 20.8. The Morgan fingerprint density at radius 3 is 2.37 bits per heavy atom. The Hall–Kier alpha value is -1.26. The van der Waals surface area contributed by atoms with Crippen LogP contribution in [0.2, 0.25) is 0 Å². The number of carbonyl (C=O) groups is 2. The second-order valence-corrected chi connectivity index (χ2v) is 6.32. The molecule has 108 valence electrons. The van der Waals surface area contributed by atoms with E-state index in [0.29, 0.717) is 5.92 Å². The van der Waals surface area contributed by atoms with Crippen LogP contribution in [0, 0.1) is 5.92 Å². The smallest absolute Gasteiger partial charge is 0.318 e. The number of nitrogens with one attached hydrogen (secondary N) is 1. The lowest BCUT2D eigenvalue weighted by Crippen LogP contribution is -2.59. The van der Waals surface area contributed by atoms with Crippen molar-refractivity contribution in [1.82, 2.24) is 10.2 Å². The van der Waals surface area contributed by atoms with Crippen molar-refractivity contribution in [2.45, 2.75) is 64.0 Å². The van der Waals surface area contributed by atoms with Gasteiger partial charge in [0.1, 0.15) is 0 Å². The van der Waals surface area contributed by atoms with Crippen LogP contribution in [0.5, 0.6) is 0 Å². The summed E-state index contributed by atoms with van der Waals surface area (Å²) in [5.41, 5.74) is -0.500. The summed E-state index contributed by atoms with van der Waals surface area (Å²) in [7, 11) is 0. The van der Waals surface area contributed by atoms with Gasteiger partial charge in [0.2, 0.25) is 0 Å². The fourth-order valence-electron chi connectivity index (χ4n) is 2.64. The minimum absolute atomic E-state index is 0.0358. The third-order valence-electron chi connectivity index (χ3n) is 4.21. The molecule has 0 aromatic rings. The molecule has 0 atom stereocenters. The molecule has 5 nitrogen and oxygen atoms in total. The molecule has 2 aliphatic rings. The highest BCUT2D eigenvalue weighted by atomic mass is 16.4. The second kappa shape index (κ2) is 5.39. The highest BCUT2D eigenvalue weighted by molar-refractivity contribution is 5.77. The first-order chi connectivity index (χ1) is 8.92. The molecule has 0 bridgehead atoms. The Bertz CT molecular complexity index is 360. The Morgan fingerprint density at radius 2 is 2.00 bits per heavy atom. The number of carboxylic acid groups (broad SMARTS) is 1. The van der Waals surface area contributed by atoms with Crippen LogP contribution >= 0.6 is 0 Å². The number of carboxylic acids is 1. The van der Waals surface area contributed by atoms with Gasteiger partial charge in [0.15, 0.2) is 0 Å². The van der Waals surface area contributed by atoms with Crippen molar-refractivity contribution >= 4 is 12.0 Å². The molecule has 0 aliphatic heterocycles. The minimum Gasteiger partial charge on any atom is -0.481 e. The average molecular weight is 268 g/mol. The summed E-state index contributed by atoms with van der Waals surface area (Å²) in [5, 5.41) is 11.9. The molecule has 2 aliphatic carbocycles. The van der Waals surface area contributed by atoms with Gasteiger partial charge >= 0.3 is 12.0 Å². The average Bonchev–Trinajstić information content (AvgIpc) is 3.05. The highest BCUT2D eigenvalue weighted by Gasteiger charge is 2.41. The molecule has 2 saturated carbocycles. The molecule has 0 aromatic heterocycles. The van der Waals surface area contributed by atoms with Gasteiger partial charge in [-0.1, -0.05) is 0 Å². The quantitative estimate of drug-likeness (QED) is 0.776. The summed E-state index contributed by atoms with van der Waals surface area (Å²) in [5.74, 6) is -0.191. The number of nitrogens with zero attached hydrogens (tertiary/aromatic N) is 1. The molecule has 0 unspecified atom stereocenters. The van der Waals surface area contributed by atoms with Crippen LogP contribution in [0.3, 0.4) is 0 Å². The second-order valence-electron chi connectivity index (χ2n) is 6.32. The van der Waals surface area contributed by atoms with Crippen molar-refractivity contribution in [1.29, 1.82) is 0 Å². The maximum atomic E-state index is 12.4. The van der Waals surface area contributed by atoms with E-state index in [0.717, 1.165) is 25.8 Å². The lowest BCUT2D eigenvalue weighted by molar-refractivity contribution is -0.139. The van der Waals surface area contributed by atoms with Crippen molar-refractivity contribution in [3.63, 3.8) is 0 Å². The number of rotatable bonds is 6. The first-order valence-electron chi connectivity index (χ1n) is 7.22. The molecule has 0 aromatic carbocycles. The predicted molar refractivity (Wildman–Crippen MR) is 71.9 cm³/mol. The number of aliphatic carboxylic acids is 1. The number of amides is 2. The van der Waals surface area contributed by atoms with Crippen LogP contribution in [0.4, 0.5) is 4.79 Å². The van der Waals surface area contributed by atoms with E-state index < -0.39 is 11.5 Å².